The molecule has 178 valence electrons. The number of carbonyl (C=O) groups excluding carboxylic acids is 2. The van der Waals surface area contributed by atoms with Crippen LogP contribution in [0.15, 0.2) is 48.5 Å². The summed E-state index contributed by atoms with van der Waals surface area (Å²) in [7, 11) is 0. The number of amides is 3. The average Bonchev–Trinajstić information content (AvgIpc) is 2.78. The highest BCUT2D eigenvalue weighted by molar-refractivity contribution is 5.95. The molecule has 0 unspecified atom stereocenters. The Bertz CT molecular complexity index is 919. The van der Waals surface area contributed by atoms with E-state index in [1.165, 1.54) is 0 Å². The number of benzene rings is 2. The zero-order chi connectivity index (χ0) is 23.7. The fourth-order valence-corrected chi connectivity index (χ4v) is 3.34. The van der Waals surface area contributed by atoms with Gasteiger partial charge in [-0.3, -0.25) is 9.69 Å². The van der Waals surface area contributed by atoms with Crippen molar-refractivity contribution < 1.29 is 19.1 Å². The molecule has 8 nitrogen and oxygen atoms in total. The van der Waals surface area contributed by atoms with Crippen LogP contribution in [0.25, 0.3) is 0 Å². The van der Waals surface area contributed by atoms with Crippen molar-refractivity contribution in [2.24, 2.45) is 0 Å². The van der Waals surface area contributed by atoms with Gasteiger partial charge in [-0.25, -0.2) is 4.79 Å². The van der Waals surface area contributed by atoms with Crippen molar-refractivity contribution in [3.63, 3.8) is 0 Å². The molecule has 0 bridgehead atoms. The Hall–Kier alpha value is -3.10. The molecule has 0 radical (unpaired) electrons. The fraction of sp³-hybridized carbons (Fsp3) is 0.440. The third-order valence-corrected chi connectivity index (χ3v) is 5.02. The number of nitrogens with zero attached hydrogens (tertiary/aromatic N) is 1. The molecule has 1 fully saturated rings. The van der Waals surface area contributed by atoms with Gasteiger partial charge in [0.2, 0.25) is 0 Å². The summed E-state index contributed by atoms with van der Waals surface area (Å²) in [5.74, 6) is 0.637. The minimum absolute atomic E-state index is 0.148. The Kier molecular flexibility index (Phi) is 8.68. The van der Waals surface area contributed by atoms with Crippen LogP contribution in [-0.4, -0.2) is 61.8 Å². The predicted molar refractivity (Wildman–Crippen MR) is 129 cm³/mol. The second-order valence-corrected chi connectivity index (χ2v) is 9.04. The van der Waals surface area contributed by atoms with Gasteiger partial charge in [-0.2, -0.15) is 0 Å². The molecule has 0 atom stereocenters. The number of hydrogen-bond acceptors (Lipinski definition) is 5. The summed E-state index contributed by atoms with van der Waals surface area (Å²) >= 11 is 0. The first kappa shape index (κ1) is 24.5. The van der Waals surface area contributed by atoms with Gasteiger partial charge in [-0.15, -0.1) is 0 Å². The minimum Gasteiger partial charge on any atom is -0.492 e. The molecule has 2 aromatic carbocycles. The first-order valence-electron chi connectivity index (χ1n) is 11.3. The van der Waals surface area contributed by atoms with E-state index in [0.717, 1.165) is 44.2 Å². The molecule has 3 amide bonds. The van der Waals surface area contributed by atoms with Crippen molar-refractivity contribution in [3.05, 3.63) is 59.7 Å². The van der Waals surface area contributed by atoms with Gasteiger partial charge >= 0.3 is 6.03 Å². The summed E-state index contributed by atoms with van der Waals surface area (Å²) in [5, 5.41) is 8.54. The van der Waals surface area contributed by atoms with Gasteiger partial charge in [-0.05, 0) is 62.7 Å². The van der Waals surface area contributed by atoms with Gasteiger partial charge < -0.3 is 25.4 Å². The number of nitrogens with one attached hydrogen (secondary N) is 3. The molecule has 0 aromatic heterocycles. The molecule has 1 saturated heterocycles. The van der Waals surface area contributed by atoms with Crippen LogP contribution in [0.4, 0.5) is 10.5 Å². The Labute approximate surface area is 195 Å². The molecule has 1 heterocycles. The lowest BCUT2D eigenvalue weighted by atomic mass is 10.1. The molecule has 0 saturated carbocycles. The van der Waals surface area contributed by atoms with Crippen molar-refractivity contribution >= 4 is 17.6 Å². The van der Waals surface area contributed by atoms with Crippen molar-refractivity contribution in [1.29, 1.82) is 0 Å². The SMILES string of the molecule is CC(C)(C)NC(=O)c1ccc(NC(=O)NCc2cccc(OCCN3CCOCC3)c2)cc1. The van der Waals surface area contributed by atoms with E-state index < -0.39 is 0 Å². The van der Waals surface area contributed by atoms with Crippen LogP contribution < -0.4 is 20.7 Å². The Morgan fingerprint density at radius 3 is 2.48 bits per heavy atom. The van der Waals surface area contributed by atoms with Crippen molar-refractivity contribution in [1.82, 2.24) is 15.5 Å². The number of morpholine rings is 1. The highest BCUT2D eigenvalue weighted by Gasteiger charge is 2.15. The maximum Gasteiger partial charge on any atom is 0.319 e. The van der Waals surface area contributed by atoms with Crippen LogP contribution >= 0.6 is 0 Å². The van der Waals surface area contributed by atoms with Gasteiger partial charge in [0, 0.05) is 43.0 Å². The lowest BCUT2D eigenvalue weighted by Gasteiger charge is -2.26. The van der Waals surface area contributed by atoms with Crippen LogP contribution in [0.2, 0.25) is 0 Å². The van der Waals surface area contributed by atoms with Crippen molar-refractivity contribution in [2.45, 2.75) is 32.9 Å². The topological polar surface area (TPSA) is 91.9 Å². The molecule has 0 aliphatic carbocycles. The summed E-state index contributed by atoms with van der Waals surface area (Å²) in [6, 6.07) is 14.2. The van der Waals surface area contributed by atoms with E-state index in [1.54, 1.807) is 24.3 Å². The summed E-state index contributed by atoms with van der Waals surface area (Å²) in [6.07, 6.45) is 0. The second kappa shape index (κ2) is 11.7. The summed E-state index contributed by atoms with van der Waals surface area (Å²) in [6.45, 7) is 11.1. The zero-order valence-electron chi connectivity index (χ0n) is 19.6. The fourth-order valence-electron chi connectivity index (χ4n) is 3.34. The van der Waals surface area contributed by atoms with E-state index in [1.807, 2.05) is 45.0 Å². The number of hydrogen-bond donors (Lipinski definition) is 3. The van der Waals surface area contributed by atoms with E-state index in [0.29, 0.717) is 24.4 Å². The molecule has 8 heteroatoms. The molecule has 3 rings (SSSR count). The van der Waals surface area contributed by atoms with Gasteiger partial charge in [0.15, 0.2) is 0 Å². The zero-order valence-corrected chi connectivity index (χ0v) is 19.6. The molecular weight excluding hydrogens is 420 g/mol. The van der Waals surface area contributed by atoms with Gasteiger partial charge in [0.05, 0.1) is 13.2 Å². The maximum absolute atomic E-state index is 12.3. The van der Waals surface area contributed by atoms with Gasteiger partial charge in [-0.1, -0.05) is 12.1 Å². The number of anilines is 1. The Morgan fingerprint density at radius 2 is 1.79 bits per heavy atom. The Morgan fingerprint density at radius 1 is 1.06 bits per heavy atom. The third kappa shape index (κ3) is 8.75. The van der Waals surface area contributed by atoms with Crippen LogP contribution in [-0.2, 0) is 11.3 Å². The lowest BCUT2D eigenvalue weighted by Crippen LogP contribution is -2.40. The van der Waals surface area contributed by atoms with E-state index in [2.05, 4.69) is 20.9 Å². The highest BCUT2D eigenvalue weighted by atomic mass is 16.5. The van der Waals surface area contributed by atoms with Crippen molar-refractivity contribution in [3.8, 4) is 5.75 Å². The van der Waals surface area contributed by atoms with E-state index in [-0.39, 0.29) is 17.5 Å². The monoisotopic (exact) mass is 454 g/mol. The predicted octanol–water partition coefficient (Wildman–Crippen LogP) is 3.25. The average molecular weight is 455 g/mol. The highest BCUT2D eigenvalue weighted by Crippen LogP contribution is 2.14. The first-order valence-corrected chi connectivity index (χ1v) is 11.3. The van der Waals surface area contributed by atoms with E-state index >= 15 is 0 Å². The molecule has 1 aliphatic rings. The molecule has 2 aromatic rings. The standard InChI is InChI=1S/C25H34N4O4/c1-25(2,3)28-23(30)20-7-9-21(10-8-20)27-24(31)26-18-19-5-4-6-22(17-19)33-16-13-29-11-14-32-15-12-29/h4-10,17H,11-16,18H2,1-3H3,(H,28,30)(H2,26,27,31). The molecule has 1 aliphatic heterocycles. The molecule has 3 N–H and O–H groups in total. The van der Waals surface area contributed by atoms with E-state index in [9.17, 15) is 9.59 Å². The Balaban J connectivity index is 1.42. The van der Waals surface area contributed by atoms with Gasteiger partial charge in [0.1, 0.15) is 12.4 Å². The summed E-state index contributed by atoms with van der Waals surface area (Å²) in [4.78, 5) is 26.8. The summed E-state index contributed by atoms with van der Waals surface area (Å²) < 4.78 is 11.2. The lowest BCUT2D eigenvalue weighted by molar-refractivity contribution is 0.0322. The quantitative estimate of drug-likeness (QED) is 0.570. The number of carbonyl (C=O) groups is 2. The smallest absolute Gasteiger partial charge is 0.319 e. The second-order valence-electron chi connectivity index (χ2n) is 9.04. The third-order valence-electron chi connectivity index (χ3n) is 5.02. The number of urea groups is 1. The van der Waals surface area contributed by atoms with Crippen LogP contribution in [0.5, 0.6) is 5.75 Å². The number of ether oxygens (including phenoxy) is 2. The van der Waals surface area contributed by atoms with Crippen LogP contribution in [0, 0.1) is 0 Å². The normalized spacial score (nSPS) is 14.4. The van der Waals surface area contributed by atoms with Crippen molar-refractivity contribution in [2.75, 3.05) is 44.8 Å². The van der Waals surface area contributed by atoms with Crippen LogP contribution in [0.1, 0.15) is 36.7 Å². The first-order chi connectivity index (χ1) is 15.8. The van der Waals surface area contributed by atoms with E-state index in [4.69, 9.17) is 9.47 Å². The largest absolute Gasteiger partial charge is 0.492 e. The molecule has 33 heavy (non-hydrogen) atoms. The van der Waals surface area contributed by atoms with Crippen LogP contribution in [0.3, 0.4) is 0 Å². The maximum atomic E-state index is 12.3. The minimum atomic E-state index is -0.319. The summed E-state index contributed by atoms with van der Waals surface area (Å²) in [5.41, 5.74) is 1.79. The van der Waals surface area contributed by atoms with Gasteiger partial charge in [0.25, 0.3) is 5.91 Å². The molecule has 0 spiro atoms. The molecular formula is C25H34N4O4. The number of rotatable bonds is 8.